The number of amides is 2. The molecule has 23 nitrogen and oxygen atoms in total. The quantitative estimate of drug-likeness (QED) is 0.0289. The van der Waals surface area contributed by atoms with Crippen molar-refractivity contribution in [2.75, 3.05) is 26.4 Å². The summed E-state index contributed by atoms with van der Waals surface area (Å²) in [7, 11) is 0. The van der Waals surface area contributed by atoms with Gasteiger partial charge in [-0.1, -0.05) is 187 Å². The summed E-state index contributed by atoms with van der Waals surface area (Å²) in [5, 5.41) is 136. The minimum atomic E-state index is -3.08. The molecule has 0 aliphatic carbocycles. The molecular weight excluding hydrogens is 1120 g/mol. The summed E-state index contributed by atoms with van der Waals surface area (Å²) < 4.78 is 34.8. The number of unbranched alkanes of at least 4 members (excludes halogenated alkanes) is 27. The zero-order valence-electron chi connectivity index (χ0n) is 52.2. The van der Waals surface area contributed by atoms with Crippen molar-refractivity contribution in [2.24, 2.45) is 0 Å². The van der Waals surface area contributed by atoms with Crippen LogP contribution in [-0.2, 0) is 42.8 Å². The topological polar surface area (TPSA) is 373 Å². The second-order valence-electron chi connectivity index (χ2n) is 24.3. The first-order chi connectivity index (χ1) is 41.4. The van der Waals surface area contributed by atoms with Gasteiger partial charge in [-0.25, -0.2) is 4.79 Å². The number of rotatable bonds is 49. The first-order valence-corrected chi connectivity index (χ1v) is 33.0. The molecule has 0 aromatic carbocycles. The van der Waals surface area contributed by atoms with Gasteiger partial charge < -0.3 is 100 Å². The van der Waals surface area contributed by atoms with E-state index in [4.69, 9.17) is 28.4 Å². The summed E-state index contributed by atoms with van der Waals surface area (Å²) in [5.74, 6) is -6.10. The number of allylic oxidation sites excluding steroid dienone is 2. The van der Waals surface area contributed by atoms with Gasteiger partial charge in [-0.3, -0.25) is 9.59 Å². The molecule has 0 aromatic rings. The lowest BCUT2D eigenvalue weighted by Gasteiger charge is -2.50. The molecule has 14 N–H and O–H groups in total. The van der Waals surface area contributed by atoms with Gasteiger partial charge in [-0.05, 0) is 38.5 Å². The molecule has 0 spiro atoms. The standard InChI is InChI=1S/C63H116N2O21/c1-4-6-8-10-12-14-16-18-19-20-21-22-23-25-27-29-31-33-35-37-50(73)65-44(45(70)36-34-32-30-28-26-24-17-15-13-11-9-7-5-2)42-81-60-55(77)54(76)57(49(41-68)83-60)84-61-56(78)59(53(75)48(40-67)82-61)86-63(62(79)80)38-46(71)51(64-43(3)69)58(85-63)52(74)47(72)39-66/h18-19,44-49,51-61,66-68,70-72,74-78H,4-17,20-42H2,1-3H3,(H,64,69)(H,65,73)(H,79,80)/b19-18-/t44-,45+,46-,47+,48+,49+,51+,52+,53-,54+,55+,56+,57+,58?,59-,60+,61-,63-/m0/s1. The second kappa shape index (κ2) is 44.9. The van der Waals surface area contributed by atoms with Gasteiger partial charge in [-0.15, -0.1) is 0 Å². The average Bonchev–Trinajstić information content (AvgIpc) is 2.74. The van der Waals surface area contributed by atoms with Crippen molar-refractivity contribution in [2.45, 2.75) is 342 Å². The van der Waals surface area contributed by atoms with E-state index in [1.54, 1.807) is 0 Å². The molecule has 3 fully saturated rings. The first-order valence-electron chi connectivity index (χ1n) is 33.0. The third-order valence-corrected chi connectivity index (χ3v) is 17.0. The van der Waals surface area contributed by atoms with Crippen LogP contribution in [0.1, 0.15) is 233 Å². The highest BCUT2D eigenvalue weighted by atomic mass is 16.8. The Morgan fingerprint density at radius 2 is 1.08 bits per heavy atom. The first kappa shape index (κ1) is 77.7. The lowest BCUT2D eigenvalue weighted by molar-refractivity contribution is -0.386. The molecule has 23 heteroatoms. The molecule has 3 saturated heterocycles. The zero-order valence-corrected chi connectivity index (χ0v) is 52.2. The molecule has 86 heavy (non-hydrogen) atoms. The van der Waals surface area contributed by atoms with E-state index < -0.39 is 148 Å². The number of aliphatic hydroxyl groups is 11. The molecule has 3 aliphatic heterocycles. The Bertz CT molecular complexity index is 1810. The van der Waals surface area contributed by atoms with Gasteiger partial charge in [0.05, 0.1) is 50.7 Å². The van der Waals surface area contributed by atoms with Gasteiger partial charge in [0, 0.05) is 19.8 Å². The third-order valence-electron chi connectivity index (χ3n) is 17.0. The number of hydrogen-bond donors (Lipinski definition) is 14. The van der Waals surface area contributed by atoms with Crippen molar-refractivity contribution in [3.63, 3.8) is 0 Å². The highest BCUT2D eigenvalue weighted by molar-refractivity contribution is 5.77. The maximum atomic E-state index is 13.4. The molecular formula is C63H116N2O21. The van der Waals surface area contributed by atoms with Crippen LogP contribution in [0.15, 0.2) is 12.2 Å². The predicted molar refractivity (Wildman–Crippen MR) is 320 cm³/mol. The van der Waals surface area contributed by atoms with Gasteiger partial charge in [-0.2, -0.15) is 0 Å². The fourth-order valence-electron chi connectivity index (χ4n) is 11.6. The molecule has 3 heterocycles. The van der Waals surface area contributed by atoms with Crippen LogP contribution in [0.25, 0.3) is 0 Å². The Kier molecular flexibility index (Phi) is 40.5. The summed E-state index contributed by atoms with van der Waals surface area (Å²) in [6.45, 7) is 2.18. The number of carbonyl (C=O) groups excluding carboxylic acids is 2. The second-order valence-corrected chi connectivity index (χ2v) is 24.3. The number of hydrogen-bond acceptors (Lipinski definition) is 20. The van der Waals surface area contributed by atoms with E-state index in [-0.39, 0.29) is 18.9 Å². The smallest absolute Gasteiger partial charge is 0.364 e. The largest absolute Gasteiger partial charge is 0.477 e. The summed E-state index contributed by atoms with van der Waals surface area (Å²) in [6, 6.07) is -2.53. The maximum absolute atomic E-state index is 13.4. The number of carboxylic acid groups (broad SMARTS) is 1. The number of nitrogens with one attached hydrogen (secondary N) is 2. The van der Waals surface area contributed by atoms with Crippen LogP contribution < -0.4 is 10.6 Å². The monoisotopic (exact) mass is 1240 g/mol. The van der Waals surface area contributed by atoms with E-state index >= 15 is 0 Å². The van der Waals surface area contributed by atoms with E-state index in [2.05, 4.69) is 36.6 Å². The molecule has 1 unspecified atom stereocenters. The fourth-order valence-corrected chi connectivity index (χ4v) is 11.6. The van der Waals surface area contributed by atoms with Crippen molar-refractivity contribution >= 4 is 17.8 Å². The van der Waals surface area contributed by atoms with E-state index in [1.807, 2.05) is 0 Å². The van der Waals surface area contributed by atoms with Crippen LogP contribution in [0.2, 0.25) is 0 Å². The number of carbonyl (C=O) groups is 3. The Morgan fingerprint density at radius 3 is 1.57 bits per heavy atom. The van der Waals surface area contributed by atoms with E-state index in [0.29, 0.717) is 19.3 Å². The summed E-state index contributed by atoms with van der Waals surface area (Å²) in [6.07, 6.45) is 10.8. The zero-order chi connectivity index (χ0) is 63.3. The summed E-state index contributed by atoms with van der Waals surface area (Å²) in [4.78, 5) is 38.5. The third kappa shape index (κ3) is 27.9. The van der Waals surface area contributed by atoms with Gasteiger partial charge in [0.15, 0.2) is 12.6 Å². The fraction of sp³-hybridized carbons (Fsp3) is 0.921. The van der Waals surface area contributed by atoms with Crippen LogP contribution in [0, 0.1) is 0 Å². The Balaban J connectivity index is 1.61. The number of carboxylic acids is 1. The minimum absolute atomic E-state index is 0.222. The van der Waals surface area contributed by atoms with Crippen LogP contribution in [-0.4, -0.2) is 215 Å². The van der Waals surface area contributed by atoms with Crippen molar-refractivity contribution in [3.05, 3.63) is 12.2 Å². The van der Waals surface area contributed by atoms with Gasteiger partial charge in [0.1, 0.15) is 67.1 Å². The Morgan fingerprint density at radius 1 is 0.593 bits per heavy atom. The van der Waals surface area contributed by atoms with E-state index in [0.717, 1.165) is 64.7 Å². The van der Waals surface area contributed by atoms with Crippen molar-refractivity contribution < 1.29 is 104 Å². The Hall–Kier alpha value is -2.53. The van der Waals surface area contributed by atoms with Crippen LogP contribution in [0.4, 0.5) is 0 Å². The lowest BCUT2D eigenvalue weighted by Crippen LogP contribution is -2.70. The number of aliphatic hydroxyl groups excluding tert-OH is 11. The molecule has 0 radical (unpaired) electrons. The summed E-state index contributed by atoms with van der Waals surface area (Å²) in [5.41, 5.74) is 0. The predicted octanol–water partition coefficient (Wildman–Crippen LogP) is 4.73. The van der Waals surface area contributed by atoms with Gasteiger partial charge in [0.2, 0.25) is 11.8 Å². The molecule has 504 valence electrons. The molecule has 18 atom stereocenters. The van der Waals surface area contributed by atoms with Crippen LogP contribution in [0.5, 0.6) is 0 Å². The molecule has 0 saturated carbocycles. The van der Waals surface area contributed by atoms with Gasteiger partial charge >= 0.3 is 5.97 Å². The normalized spacial score (nSPS) is 29.4. The Labute approximate surface area is 511 Å². The van der Waals surface area contributed by atoms with Crippen LogP contribution in [0.3, 0.4) is 0 Å². The maximum Gasteiger partial charge on any atom is 0.364 e. The number of ether oxygens (including phenoxy) is 6. The highest BCUT2D eigenvalue weighted by Crippen LogP contribution is 2.39. The van der Waals surface area contributed by atoms with E-state index in [1.165, 1.54) is 122 Å². The molecule has 0 aromatic heterocycles. The number of aliphatic carboxylic acids is 1. The van der Waals surface area contributed by atoms with E-state index in [9.17, 15) is 75.7 Å². The molecule has 3 aliphatic rings. The lowest BCUT2D eigenvalue weighted by atomic mass is 9.88. The van der Waals surface area contributed by atoms with Crippen molar-refractivity contribution in [1.29, 1.82) is 0 Å². The molecule has 2 amide bonds. The van der Waals surface area contributed by atoms with Gasteiger partial charge in [0.25, 0.3) is 5.79 Å². The SMILES string of the molecule is CCCCCCCC/C=C\CCCCCCCCCCCC(=O)N[C@@H](CO[C@@H]1O[C@H](CO)[C@@H](O[C@@H]2O[C@H](CO)[C@H](O)[C@H](O[C@]3(C(=O)O)C[C@H](O)[C@@H](NC(C)=O)C([C@H](O)[C@H](O)CO)O3)[C@H]2O)[C@H](O)[C@H]1O)[C@H](O)CCCCCCCCCCCCCCC. The van der Waals surface area contributed by atoms with Crippen molar-refractivity contribution in [1.82, 2.24) is 10.6 Å². The van der Waals surface area contributed by atoms with Crippen molar-refractivity contribution in [3.8, 4) is 0 Å². The molecule has 3 rings (SSSR count). The minimum Gasteiger partial charge on any atom is -0.477 e. The van der Waals surface area contributed by atoms with Crippen LogP contribution >= 0.6 is 0 Å². The molecule has 0 bridgehead atoms. The summed E-state index contributed by atoms with van der Waals surface area (Å²) >= 11 is 0. The highest BCUT2D eigenvalue weighted by Gasteiger charge is 2.60. The average molecular weight is 1240 g/mol.